The van der Waals surface area contributed by atoms with Gasteiger partial charge in [-0.05, 0) is 56.2 Å². The number of hydrogen-bond donors (Lipinski definition) is 0. The van der Waals surface area contributed by atoms with E-state index in [-0.39, 0.29) is 5.92 Å². The maximum atomic E-state index is 12.7. The molecule has 124 valence electrons. The third-order valence-corrected chi connectivity index (χ3v) is 5.90. The van der Waals surface area contributed by atoms with Gasteiger partial charge in [-0.2, -0.15) is 0 Å². The van der Waals surface area contributed by atoms with Crippen molar-refractivity contribution < 1.29 is 4.79 Å². The lowest BCUT2D eigenvalue weighted by Crippen LogP contribution is -2.36. The second-order valence-electron chi connectivity index (χ2n) is 7.66. The van der Waals surface area contributed by atoms with E-state index in [2.05, 4.69) is 34.1 Å². The Morgan fingerprint density at radius 2 is 1.83 bits per heavy atom. The average Bonchev–Trinajstić information content (AvgIpc) is 3.28. The Hall–Kier alpha value is -1.35. The number of amides is 1. The number of rotatable bonds is 4. The first-order chi connectivity index (χ1) is 11.3. The number of benzene rings is 1. The molecule has 0 aromatic heterocycles. The van der Waals surface area contributed by atoms with Gasteiger partial charge in [0, 0.05) is 25.6 Å². The molecule has 3 fully saturated rings. The number of hydrogen-bond acceptors (Lipinski definition) is 2. The van der Waals surface area contributed by atoms with Crippen molar-refractivity contribution in [2.75, 3.05) is 32.7 Å². The Morgan fingerprint density at radius 1 is 1.04 bits per heavy atom. The Balaban J connectivity index is 1.27. The smallest absolute Gasteiger partial charge is 0.226 e. The molecular weight excluding hydrogens is 284 g/mol. The molecule has 0 bridgehead atoms. The predicted molar refractivity (Wildman–Crippen MR) is 92.3 cm³/mol. The minimum absolute atomic E-state index is 0.256. The monoisotopic (exact) mass is 312 g/mol. The molecule has 1 aromatic carbocycles. The zero-order valence-electron chi connectivity index (χ0n) is 14.0. The Labute approximate surface area is 139 Å². The Kier molecular flexibility index (Phi) is 4.39. The summed E-state index contributed by atoms with van der Waals surface area (Å²) in [6, 6.07) is 10.6. The fraction of sp³-hybridized carbons (Fsp3) is 0.650. The van der Waals surface area contributed by atoms with Gasteiger partial charge in [0.2, 0.25) is 5.91 Å². The van der Waals surface area contributed by atoms with E-state index in [1.54, 1.807) is 0 Å². The molecule has 1 aromatic rings. The van der Waals surface area contributed by atoms with Crippen LogP contribution in [-0.2, 0) is 4.79 Å². The summed E-state index contributed by atoms with van der Waals surface area (Å²) < 4.78 is 0. The fourth-order valence-electron chi connectivity index (χ4n) is 4.46. The van der Waals surface area contributed by atoms with Crippen LogP contribution in [0.3, 0.4) is 0 Å². The maximum absolute atomic E-state index is 12.7. The summed E-state index contributed by atoms with van der Waals surface area (Å²) in [6.07, 6.45) is 6.36. The number of likely N-dealkylation sites (tertiary alicyclic amines) is 2. The average molecular weight is 312 g/mol. The van der Waals surface area contributed by atoms with E-state index in [0.717, 1.165) is 19.5 Å². The lowest BCUT2D eigenvalue weighted by Gasteiger charge is -2.29. The van der Waals surface area contributed by atoms with Gasteiger partial charge >= 0.3 is 0 Å². The van der Waals surface area contributed by atoms with E-state index in [4.69, 9.17) is 0 Å². The molecule has 1 aliphatic carbocycles. The quantitative estimate of drug-likeness (QED) is 0.853. The van der Waals surface area contributed by atoms with E-state index in [0.29, 0.717) is 17.7 Å². The van der Waals surface area contributed by atoms with Crippen molar-refractivity contribution in [1.82, 2.24) is 9.80 Å². The molecule has 1 saturated carbocycles. The minimum atomic E-state index is 0.256. The molecule has 3 aliphatic rings. The highest BCUT2D eigenvalue weighted by molar-refractivity contribution is 5.83. The van der Waals surface area contributed by atoms with Crippen molar-refractivity contribution in [2.45, 2.75) is 38.0 Å². The number of carbonyl (C=O) groups excluding carboxylic acids is 1. The highest BCUT2D eigenvalue weighted by atomic mass is 16.2. The molecule has 2 aliphatic heterocycles. The van der Waals surface area contributed by atoms with Crippen molar-refractivity contribution in [3.05, 3.63) is 35.9 Å². The molecule has 3 nitrogen and oxygen atoms in total. The van der Waals surface area contributed by atoms with Gasteiger partial charge in [0.25, 0.3) is 0 Å². The van der Waals surface area contributed by atoms with Gasteiger partial charge in [-0.3, -0.25) is 4.79 Å². The van der Waals surface area contributed by atoms with Crippen molar-refractivity contribution in [1.29, 1.82) is 0 Å². The van der Waals surface area contributed by atoms with E-state index in [1.807, 2.05) is 6.07 Å². The van der Waals surface area contributed by atoms with Crippen LogP contribution in [-0.4, -0.2) is 48.4 Å². The highest BCUT2D eigenvalue weighted by Crippen LogP contribution is 2.48. The molecule has 23 heavy (non-hydrogen) atoms. The summed E-state index contributed by atoms with van der Waals surface area (Å²) in [5, 5.41) is 0. The second kappa shape index (κ2) is 6.64. The molecule has 0 N–H and O–H groups in total. The summed E-state index contributed by atoms with van der Waals surface area (Å²) >= 11 is 0. The van der Waals surface area contributed by atoms with Crippen LogP contribution in [0.4, 0.5) is 0 Å². The summed E-state index contributed by atoms with van der Waals surface area (Å²) in [5.74, 6) is 1.85. The van der Waals surface area contributed by atoms with Crippen LogP contribution in [0, 0.1) is 11.8 Å². The molecule has 2 saturated heterocycles. The van der Waals surface area contributed by atoms with E-state index in [1.165, 1.54) is 50.9 Å². The van der Waals surface area contributed by atoms with Crippen molar-refractivity contribution in [2.24, 2.45) is 11.8 Å². The summed E-state index contributed by atoms with van der Waals surface area (Å²) in [5.41, 5.74) is 1.34. The first-order valence-electron chi connectivity index (χ1n) is 9.37. The first-order valence-corrected chi connectivity index (χ1v) is 9.37. The molecule has 0 radical (unpaired) electrons. The third-order valence-electron chi connectivity index (χ3n) is 5.90. The largest absolute Gasteiger partial charge is 0.342 e. The third kappa shape index (κ3) is 3.45. The van der Waals surface area contributed by atoms with Crippen LogP contribution in [0.15, 0.2) is 30.3 Å². The van der Waals surface area contributed by atoms with Crippen LogP contribution in [0.1, 0.15) is 43.6 Å². The van der Waals surface area contributed by atoms with Gasteiger partial charge in [0.15, 0.2) is 0 Å². The van der Waals surface area contributed by atoms with Crippen molar-refractivity contribution >= 4 is 5.91 Å². The van der Waals surface area contributed by atoms with Crippen LogP contribution in [0.2, 0.25) is 0 Å². The highest BCUT2D eigenvalue weighted by Gasteiger charge is 2.46. The van der Waals surface area contributed by atoms with Gasteiger partial charge in [0.05, 0.1) is 0 Å². The van der Waals surface area contributed by atoms with Crippen LogP contribution < -0.4 is 0 Å². The molecular formula is C20H28N2O. The van der Waals surface area contributed by atoms with Crippen LogP contribution in [0.5, 0.6) is 0 Å². The first kappa shape index (κ1) is 15.2. The zero-order valence-corrected chi connectivity index (χ0v) is 14.0. The zero-order chi connectivity index (χ0) is 15.6. The van der Waals surface area contributed by atoms with Gasteiger partial charge in [-0.1, -0.05) is 36.8 Å². The Morgan fingerprint density at radius 3 is 2.61 bits per heavy atom. The van der Waals surface area contributed by atoms with Gasteiger partial charge in [-0.15, -0.1) is 0 Å². The predicted octanol–water partition coefficient (Wildman–Crippen LogP) is 3.12. The topological polar surface area (TPSA) is 23.6 Å². The standard InChI is InChI=1S/C20H28N2O/c23-20(19-13-18(19)17-7-3-1-4-8-17)22-12-9-16(15-22)14-21-10-5-2-6-11-21/h1,3-4,7-8,16,18-19H,2,5-6,9-15H2/t16-,18+,19+/m0/s1. The lowest BCUT2D eigenvalue weighted by molar-refractivity contribution is -0.131. The summed E-state index contributed by atoms with van der Waals surface area (Å²) in [6.45, 7) is 5.71. The van der Waals surface area contributed by atoms with Crippen LogP contribution >= 0.6 is 0 Å². The van der Waals surface area contributed by atoms with Crippen LogP contribution in [0.25, 0.3) is 0 Å². The summed E-state index contributed by atoms with van der Waals surface area (Å²) in [4.78, 5) is 17.5. The molecule has 0 unspecified atom stereocenters. The number of nitrogens with zero attached hydrogens (tertiary/aromatic N) is 2. The Bertz CT molecular complexity index is 538. The molecule has 3 atom stereocenters. The lowest BCUT2D eigenvalue weighted by atomic mass is 10.1. The second-order valence-corrected chi connectivity index (χ2v) is 7.66. The maximum Gasteiger partial charge on any atom is 0.226 e. The molecule has 1 amide bonds. The molecule has 4 rings (SSSR count). The van der Waals surface area contributed by atoms with Gasteiger partial charge < -0.3 is 9.80 Å². The fourth-order valence-corrected chi connectivity index (χ4v) is 4.46. The van der Waals surface area contributed by atoms with Crippen molar-refractivity contribution in [3.8, 4) is 0 Å². The van der Waals surface area contributed by atoms with Gasteiger partial charge in [0.1, 0.15) is 0 Å². The van der Waals surface area contributed by atoms with E-state index >= 15 is 0 Å². The normalized spacial score (nSPS) is 31.3. The summed E-state index contributed by atoms with van der Waals surface area (Å²) in [7, 11) is 0. The van der Waals surface area contributed by atoms with Gasteiger partial charge in [-0.25, -0.2) is 0 Å². The molecule has 0 spiro atoms. The van der Waals surface area contributed by atoms with E-state index < -0.39 is 0 Å². The number of piperidine rings is 1. The molecule has 2 heterocycles. The number of carbonyl (C=O) groups is 1. The SMILES string of the molecule is O=C([C@@H]1C[C@@H]1c1ccccc1)N1CC[C@@H](CN2CCCCC2)C1. The minimum Gasteiger partial charge on any atom is -0.342 e. The van der Waals surface area contributed by atoms with E-state index in [9.17, 15) is 4.79 Å². The van der Waals surface area contributed by atoms with Crippen molar-refractivity contribution in [3.63, 3.8) is 0 Å². The molecule has 3 heteroatoms.